The van der Waals surface area contributed by atoms with Crippen LogP contribution in [0.3, 0.4) is 0 Å². The van der Waals surface area contributed by atoms with Crippen molar-refractivity contribution in [1.29, 1.82) is 0 Å². The van der Waals surface area contributed by atoms with Gasteiger partial charge in [0.2, 0.25) is 0 Å². The topological polar surface area (TPSA) is 26.3 Å². The first-order valence-electron chi connectivity index (χ1n) is 19.4. The molecule has 2 aliphatic carbocycles. The van der Waals surface area contributed by atoms with E-state index in [1.54, 1.807) is 0 Å². The first-order valence-corrected chi connectivity index (χ1v) is 28.4. The molecule has 286 valence electrons. The van der Waals surface area contributed by atoms with Gasteiger partial charge in [0.05, 0.1) is 0 Å². The minimum absolute atomic E-state index is 0. The van der Waals surface area contributed by atoms with Crippen molar-refractivity contribution in [3.05, 3.63) is 163 Å². The largest absolute Gasteiger partial charge is 1.00 e. The molecular weight excluding hydrogens is 823 g/mol. The maximum atomic E-state index is 6.63. The molecule has 2 aliphatic rings. The Morgan fingerprint density at radius 1 is 0.482 bits per heavy atom. The molecule has 8 rings (SSSR count). The quantitative estimate of drug-likeness (QED) is 0.159. The van der Waals surface area contributed by atoms with Gasteiger partial charge in [-0.05, 0) is 0 Å². The molecule has 2 aromatic heterocycles. The average Bonchev–Trinajstić information content (AvgIpc) is 3.88. The summed E-state index contributed by atoms with van der Waals surface area (Å²) in [4.78, 5) is 0. The number of halogens is 2. The van der Waals surface area contributed by atoms with Crippen molar-refractivity contribution in [2.45, 2.75) is 89.6 Å². The van der Waals surface area contributed by atoms with Crippen LogP contribution in [0.15, 0.2) is 81.6 Å². The molecule has 4 aromatic carbocycles. The second kappa shape index (κ2) is 16.1. The van der Waals surface area contributed by atoms with Crippen LogP contribution in [0, 0.1) is 69.2 Å². The molecule has 0 spiro atoms. The van der Waals surface area contributed by atoms with Crippen LogP contribution in [-0.4, -0.2) is 5.43 Å². The summed E-state index contributed by atoms with van der Waals surface area (Å²) in [6.45, 7) is 27.6. The number of fused-ring (bicyclic) bond motifs is 2. The van der Waals surface area contributed by atoms with Crippen molar-refractivity contribution < 1.29 is 54.0 Å². The minimum Gasteiger partial charge on any atom is -1.00 e. The molecule has 0 amide bonds. The van der Waals surface area contributed by atoms with Gasteiger partial charge in [0.1, 0.15) is 0 Å². The van der Waals surface area contributed by atoms with E-state index >= 15 is 0 Å². The van der Waals surface area contributed by atoms with Gasteiger partial charge in [-0.25, -0.2) is 0 Å². The molecule has 2 heterocycles. The molecule has 6 heteroatoms. The molecule has 6 aromatic rings. The first-order chi connectivity index (χ1) is 25.7. The monoisotopic (exact) mass is 872 g/mol. The number of benzene rings is 4. The average molecular weight is 875 g/mol. The summed E-state index contributed by atoms with van der Waals surface area (Å²) in [6, 6.07) is 28.0. The van der Waals surface area contributed by atoms with E-state index in [1.165, 1.54) is 100 Å². The second-order valence-corrected chi connectivity index (χ2v) is 34.4. The number of allylic oxidation sites excluding steroid dienone is 2. The minimum atomic E-state index is -2.70. The Labute approximate surface area is 354 Å². The molecule has 2 nitrogen and oxygen atoms in total. The van der Waals surface area contributed by atoms with Crippen LogP contribution in [0.1, 0.15) is 97.1 Å². The molecule has 2 unspecified atom stereocenters. The zero-order chi connectivity index (χ0) is 38.3. The smallest absolute Gasteiger partial charge is 1.00 e. The summed E-state index contributed by atoms with van der Waals surface area (Å²) >= 11 is -2.70. The third-order valence-corrected chi connectivity index (χ3v) is 31.2. The fourth-order valence-corrected chi connectivity index (χ4v) is 29.3. The predicted octanol–water partition coefficient (Wildman–Crippen LogP) is 8.06. The van der Waals surface area contributed by atoms with E-state index in [2.05, 4.69) is 167 Å². The number of hydrogen-bond acceptors (Lipinski definition) is 2. The molecule has 0 bridgehead atoms. The van der Waals surface area contributed by atoms with Crippen molar-refractivity contribution in [2.24, 2.45) is 0 Å². The number of rotatable bonds is 6. The third kappa shape index (κ3) is 7.30. The van der Waals surface area contributed by atoms with Gasteiger partial charge in [0.25, 0.3) is 0 Å². The van der Waals surface area contributed by atoms with Crippen LogP contribution in [-0.2, 0) is 20.4 Å². The molecule has 0 aliphatic heterocycles. The Hall–Kier alpha value is -3.40. The normalized spacial score (nSPS) is 15.3. The fourth-order valence-electron chi connectivity index (χ4n) is 9.53. The Balaban J connectivity index is 0.00000266. The molecule has 0 radical (unpaired) electrons. The Morgan fingerprint density at radius 3 is 1.14 bits per heavy atom. The predicted molar refractivity (Wildman–Crippen MR) is 227 cm³/mol. The van der Waals surface area contributed by atoms with E-state index in [1.807, 2.05) is 0 Å². The van der Waals surface area contributed by atoms with Crippen molar-refractivity contribution >= 4 is 28.7 Å². The van der Waals surface area contributed by atoms with Gasteiger partial charge in [-0.2, -0.15) is 0 Å². The van der Waals surface area contributed by atoms with Gasteiger partial charge in [0, 0.05) is 0 Å². The zero-order valence-electron chi connectivity index (χ0n) is 34.8. The van der Waals surface area contributed by atoms with Crippen LogP contribution in [0.4, 0.5) is 0 Å². The maximum Gasteiger partial charge on any atom is -1.00 e. The Morgan fingerprint density at radius 2 is 0.839 bits per heavy atom. The summed E-state index contributed by atoms with van der Waals surface area (Å²) in [5.74, 6) is 4.00. The van der Waals surface area contributed by atoms with Crippen LogP contribution in [0.5, 0.6) is 0 Å². The van der Waals surface area contributed by atoms with Gasteiger partial charge < -0.3 is 24.8 Å². The van der Waals surface area contributed by atoms with Crippen molar-refractivity contribution in [3.8, 4) is 22.3 Å². The van der Waals surface area contributed by atoms with Gasteiger partial charge in [-0.1, -0.05) is 0 Å². The number of hydrogen-bond donors (Lipinski definition) is 0. The van der Waals surface area contributed by atoms with Crippen molar-refractivity contribution in [3.63, 3.8) is 0 Å². The van der Waals surface area contributed by atoms with Crippen molar-refractivity contribution in [2.75, 3.05) is 0 Å². The number of aryl methyl sites for hydroxylation is 8. The molecular formula is C50H52Cl2O2SiZr. The third-order valence-electron chi connectivity index (χ3n) is 12.0. The Bertz CT molecular complexity index is 2430. The van der Waals surface area contributed by atoms with E-state index in [0.29, 0.717) is 7.25 Å². The SMILES string of the molecule is Cc1cc(C)cc(-c2c(C)c(C)cc3c2C=C(c2ccc(C)o2)[CH]3[Zr+2]([CH]2C(c3ccc(C)o3)=Cc3c2cc(C)c(C)c3-c2cc(C)cc(C)c2)=[Si](C)C)c1.[Cl-].[Cl-]. The maximum absolute atomic E-state index is 6.63. The molecule has 56 heavy (non-hydrogen) atoms. The second-order valence-electron chi connectivity index (χ2n) is 16.5. The zero-order valence-corrected chi connectivity index (χ0v) is 39.8. The van der Waals surface area contributed by atoms with Crippen LogP contribution < -0.4 is 24.8 Å². The Kier molecular flexibility index (Phi) is 12.1. The fraction of sp³-hybridized carbons (Fsp3) is 0.280. The molecule has 0 N–H and O–H groups in total. The van der Waals surface area contributed by atoms with Gasteiger partial charge >= 0.3 is 332 Å². The van der Waals surface area contributed by atoms with E-state index in [9.17, 15) is 0 Å². The summed E-state index contributed by atoms with van der Waals surface area (Å²) in [6.07, 6.45) is 5.08. The van der Waals surface area contributed by atoms with E-state index < -0.39 is 25.8 Å². The molecule has 2 atom stereocenters. The summed E-state index contributed by atoms with van der Waals surface area (Å²) in [5.41, 5.74) is 23.9. The number of furan rings is 2. The summed E-state index contributed by atoms with van der Waals surface area (Å²) in [5, 5.41) is 0. The van der Waals surface area contributed by atoms with E-state index in [-0.39, 0.29) is 24.8 Å². The first kappa shape index (κ1) is 42.2. The van der Waals surface area contributed by atoms with Gasteiger partial charge in [-0.15, -0.1) is 0 Å². The molecule has 0 fully saturated rings. The van der Waals surface area contributed by atoms with Crippen LogP contribution in [0.2, 0.25) is 13.1 Å². The van der Waals surface area contributed by atoms with Gasteiger partial charge in [-0.3, -0.25) is 0 Å². The van der Waals surface area contributed by atoms with E-state index in [0.717, 1.165) is 23.0 Å². The van der Waals surface area contributed by atoms with Gasteiger partial charge in [0.15, 0.2) is 0 Å². The van der Waals surface area contributed by atoms with Crippen molar-refractivity contribution in [1.82, 2.24) is 0 Å². The summed E-state index contributed by atoms with van der Waals surface area (Å²) in [7, 11) is 0. The van der Waals surface area contributed by atoms with E-state index in [4.69, 9.17) is 8.83 Å². The molecule has 0 saturated heterocycles. The standard InChI is InChI=1S/2C24H23O.C2H6Si.2ClH.Zr/c2*1-14-8-15(2)10-21(9-14)24-18(5)16(3)11-19-12-20(13-22(19)24)23-7-6-17(4)25-23;1-3-2;;;/h2*6-13H,1-5H3;1-2H3;2*1H;/q;;;;;+2/p-2. The van der Waals surface area contributed by atoms with Crippen LogP contribution in [0.25, 0.3) is 45.6 Å². The summed E-state index contributed by atoms with van der Waals surface area (Å²) < 4.78 is 13.9. The van der Waals surface area contributed by atoms with Crippen LogP contribution >= 0.6 is 0 Å². The molecule has 0 saturated carbocycles.